The number of ether oxygens (including phenoxy) is 1. The Morgan fingerprint density at radius 3 is 2.85 bits per heavy atom. The molecule has 1 fully saturated rings. The Morgan fingerprint density at radius 2 is 2.31 bits per heavy atom. The fourth-order valence-corrected chi connectivity index (χ4v) is 2.13. The van der Waals surface area contributed by atoms with Crippen LogP contribution in [-0.4, -0.2) is 24.4 Å². The highest BCUT2D eigenvalue weighted by molar-refractivity contribution is 4.75. The second-order valence-corrected chi connectivity index (χ2v) is 4.23. The molecule has 0 aromatic carbocycles. The zero-order valence-electron chi connectivity index (χ0n) is 8.83. The lowest BCUT2D eigenvalue weighted by atomic mass is 9.86. The maximum absolute atomic E-state index is 9.99. The summed E-state index contributed by atoms with van der Waals surface area (Å²) in [6.07, 6.45) is 4.37. The smallest absolute Gasteiger partial charge is 0.0615 e. The summed E-state index contributed by atoms with van der Waals surface area (Å²) >= 11 is 0. The van der Waals surface area contributed by atoms with Crippen LogP contribution in [0.15, 0.2) is 0 Å². The van der Waals surface area contributed by atoms with Gasteiger partial charge < -0.3 is 9.84 Å². The SMILES string of the molecule is CCCC(C)C(O)C1CCCOC1. The molecule has 0 aliphatic carbocycles. The number of hydrogen-bond acceptors (Lipinski definition) is 2. The Kier molecular flexibility index (Phi) is 4.74. The van der Waals surface area contributed by atoms with Gasteiger partial charge in [0.1, 0.15) is 0 Å². The third-order valence-corrected chi connectivity index (χ3v) is 3.01. The van der Waals surface area contributed by atoms with Crippen LogP contribution in [0.1, 0.15) is 39.5 Å². The monoisotopic (exact) mass is 186 g/mol. The molecular formula is C11H22O2. The van der Waals surface area contributed by atoms with E-state index in [2.05, 4.69) is 13.8 Å². The van der Waals surface area contributed by atoms with Crippen LogP contribution in [0.4, 0.5) is 0 Å². The van der Waals surface area contributed by atoms with Crippen molar-refractivity contribution in [3.63, 3.8) is 0 Å². The number of rotatable bonds is 4. The topological polar surface area (TPSA) is 29.5 Å². The lowest BCUT2D eigenvalue weighted by Crippen LogP contribution is -2.33. The van der Waals surface area contributed by atoms with E-state index in [1.165, 1.54) is 0 Å². The summed E-state index contributed by atoms with van der Waals surface area (Å²) in [5, 5.41) is 9.99. The standard InChI is InChI=1S/C11H22O2/c1-3-5-9(2)11(12)10-6-4-7-13-8-10/h9-12H,3-8H2,1-2H3. The Hall–Kier alpha value is -0.0800. The van der Waals surface area contributed by atoms with Gasteiger partial charge in [-0.2, -0.15) is 0 Å². The fourth-order valence-electron chi connectivity index (χ4n) is 2.13. The molecule has 0 spiro atoms. The second kappa shape index (κ2) is 5.61. The molecule has 78 valence electrons. The molecule has 1 rings (SSSR count). The van der Waals surface area contributed by atoms with Crippen LogP contribution < -0.4 is 0 Å². The quantitative estimate of drug-likeness (QED) is 0.729. The molecular weight excluding hydrogens is 164 g/mol. The van der Waals surface area contributed by atoms with Crippen molar-refractivity contribution >= 4 is 0 Å². The first kappa shape index (κ1) is 11.0. The van der Waals surface area contributed by atoms with E-state index in [9.17, 15) is 5.11 Å². The van der Waals surface area contributed by atoms with Gasteiger partial charge in [0.25, 0.3) is 0 Å². The lowest BCUT2D eigenvalue weighted by Gasteiger charge is -2.30. The molecule has 1 heterocycles. The summed E-state index contributed by atoms with van der Waals surface area (Å²) in [5.74, 6) is 0.812. The Bertz CT molecular complexity index is 130. The predicted octanol–water partition coefficient (Wildman–Crippen LogP) is 2.21. The summed E-state index contributed by atoms with van der Waals surface area (Å²) in [5.41, 5.74) is 0. The van der Waals surface area contributed by atoms with Gasteiger partial charge >= 0.3 is 0 Å². The first-order valence-electron chi connectivity index (χ1n) is 5.51. The molecule has 3 atom stereocenters. The van der Waals surface area contributed by atoms with Crippen LogP contribution >= 0.6 is 0 Å². The van der Waals surface area contributed by atoms with Gasteiger partial charge in [-0.05, 0) is 25.2 Å². The van der Waals surface area contributed by atoms with Crippen molar-refractivity contribution in [2.45, 2.75) is 45.6 Å². The van der Waals surface area contributed by atoms with E-state index in [0.29, 0.717) is 11.8 Å². The highest BCUT2D eigenvalue weighted by atomic mass is 16.5. The average molecular weight is 186 g/mol. The molecule has 3 unspecified atom stereocenters. The molecule has 1 N–H and O–H groups in total. The fraction of sp³-hybridized carbons (Fsp3) is 1.00. The molecule has 13 heavy (non-hydrogen) atoms. The van der Waals surface area contributed by atoms with Crippen molar-refractivity contribution in [1.29, 1.82) is 0 Å². The molecule has 2 nitrogen and oxygen atoms in total. The molecule has 0 radical (unpaired) electrons. The number of aliphatic hydroxyl groups excluding tert-OH is 1. The highest BCUT2D eigenvalue weighted by Gasteiger charge is 2.26. The van der Waals surface area contributed by atoms with E-state index in [1.54, 1.807) is 0 Å². The van der Waals surface area contributed by atoms with E-state index < -0.39 is 0 Å². The molecule has 1 aliphatic rings. The maximum Gasteiger partial charge on any atom is 0.0615 e. The van der Waals surface area contributed by atoms with Crippen LogP contribution in [0.25, 0.3) is 0 Å². The van der Waals surface area contributed by atoms with Crippen LogP contribution in [0.5, 0.6) is 0 Å². The van der Waals surface area contributed by atoms with Crippen LogP contribution in [0.3, 0.4) is 0 Å². The van der Waals surface area contributed by atoms with Gasteiger partial charge in [-0.3, -0.25) is 0 Å². The summed E-state index contributed by atoms with van der Waals surface area (Å²) in [4.78, 5) is 0. The van der Waals surface area contributed by atoms with Crippen LogP contribution in [0.2, 0.25) is 0 Å². The normalized spacial score (nSPS) is 28.4. The van der Waals surface area contributed by atoms with Gasteiger partial charge in [0.2, 0.25) is 0 Å². The number of aliphatic hydroxyl groups is 1. The largest absolute Gasteiger partial charge is 0.392 e. The van der Waals surface area contributed by atoms with Crippen molar-refractivity contribution in [2.75, 3.05) is 13.2 Å². The molecule has 0 saturated carbocycles. The summed E-state index contributed by atoms with van der Waals surface area (Å²) in [6.45, 7) is 5.95. The maximum atomic E-state index is 9.99. The van der Waals surface area contributed by atoms with Gasteiger partial charge in [-0.25, -0.2) is 0 Å². The van der Waals surface area contributed by atoms with Gasteiger partial charge in [0.15, 0.2) is 0 Å². The van der Waals surface area contributed by atoms with Gasteiger partial charge in [-0.15, -0.1) is 0 Å². The van der Waals surface area contributed by atoms with Gasteiger partial charge in [0, 0.05) is 12.5 Å². The van der Waals surface area contributed by atoms with Gasteiger partial charge in [-0.1, -0.05) is 20.3 Å². The van der Waals surface area contributed by atoms with Crippen LogP contribution in [-0.2, 0) is 4.74 Å². The van der Waals surface area contributed by atoms with Crippen molar-refractivity contribution in [3.05, 3.63) is 0 Å². The van der Waals surface area contributed by atoms with Crippen molar-refractivity contribution < 1.29 is 9.84 Å². The molecule has 0 aromatic heterocycles. The minimum atomic E-state index is -0.153. The van der Waals surface area contributed by atoms with E-state index >= 15 is 0 Å². The number of hydrogen-bond donors (Lipinski definition) is 1. The minimum absolute atomic E-state index is 0.153. The minimum Gasteiger partial charge on any atom is -0.392 e. The Balaban J connectivity index is 2.31. The van der Waals surface area contributed by atoms with E-state index in [-0.39, 0.29) is 6.10 Å². The summed E-state index contributed by atoms with van der Waals surface area (Å²) in [6, 6.07) is 0. The van der Waals surface area contributed by atoms with E-state index in [0.717, 1.165) is 38.9 Å². The molecule has 2 heteroatoms. The molecule has 0 amide bonds. The molecule has 0 bridgehead atoms. The molecule has 0 aromatic rings. The summed E-state index contributed by atoms with van der Waals surface area (Å²) < 4.78 is 5.37. The molecule has 1 aliphatic heterocycles. The third kappa shape index (κ3) is 3.28. The Morgan fingerprint density at radius 1 is 1.54 bits per heavy atom. The van der Waals surface area contributed by atoms with Crippen molar-refractivity contribution in [2.24, 2.45) is 11.8 Å². The zero-order chi connectivity index (χ0) is 9.68. The second-order valence-electron chi connectivity index (χ2n) is 4.23. The lowest BCUT2D eigenvalue weighted by molar-refractivity contribution is -0.0312. The zero-order valence-corrected chi connectivity index (χ0v) is 8.83. The van der Waals surface area contributed by atoms with Crippen molar-refractivity contribution in [1.82, 2.24) is 0 Å². The highest BCUT2D eigenvalue weighted by Crippen LogP contribution is 2.24. The average Bonchev–Trinajstić information content (AvgIpc) is 2.18. The first-order chi connectivity index (χ1) is 6.25. The first-order valence-corrected chi connectivity index (χ1v) is 5.51. The van der Waals surface area contributed by atoms with Crippen molar-refractivity contribution in [3.8, 4) is 0 Å². The van der Waals surface area contributed by atoms with Crippen LogP contribution in [0, 0.1) is 11.8 Å². The van der Waals surface area contributed by atoms with E-state index in [1.807, 2.05) is 0 Å². The molecule has 1 saturated heterocycles. The van der Waals surface area contributed by atoms with E-state index in [4.69, 9.17) is 4.74 Å². The Labute approximate surface area is 81.3 Å². The summed E-state index contributed by atoms with van der Waals surface area (Å²) in [7, 11) is 0. The third-order valence-electron chi connectivity index (χ3n) is 3.01. The van der Waals surface area contributed by atoms with Gasteiger partial charge in [0.05, 0.1) is 12.7 Å². The predicted molar refractivity (Wildman–Crippen MR) is 53.6 cm³/mol.